The van der Waals surface area contributed by atoms with E-state index in [4.69, 9.17) is 0 Å². The summed E-state index contributed by atoms with van der Waals surface area (Å²) in [7, 11) is 0. The van der Waals surface area contributed by atoms with Gasteiger partial charge in [0.1, 0.15) is 0 Å². The van der Waals surface area contributed by atoms with E-state index in [2.05, 4.69) is 6.58 Å². The van der Waals surface area contributed by atoms with E-state index in [1.54, 1.807) is 13.8 Å². The maximum atomic E-state index is 12.5. The zero-order valence-electron chi connectivity index (χ0n) is 8.92. The second-order valence-corrected chi connectivity index (χ2v) is 3.56. The Hall–Kier alpha value is -0.990. The average Bonchev–Trinajstić information content (AvgIpc) is 1.78. The third-order valence-corrected chi connectivity index (χ3v) is 1.61. The summed E-state index contributed by atoms with van der Waals surface area (Å²) in [6.45, 7) is 9.68. The first-order chi connectivity index (χ1) is 6.16. The first-order valence-electron chi connectivity index (χ1n) is 4.25. The number of halogens is 3. The lowest BCUT2D eigenvalue weighted by molar-refractivity contribution is -0.0898. The summed E-state index contributed by atoms with van der Waals surface area (Å²) >= 11 is 0. The van der Waals surface area contributed by atoms with Crippen molar-refractivity contribution in [3.8, 4) is 0 Å². The Balaban J connectivity index is 5.41. The molecule has 0 N–H and O–H groups in total. The summed E-state index contributed by atoms with van der Waals surface area (Å²) in [6.07, 6.45) is -2.81. The highest BCUT2D eigenvalue weighted by molar-refractivity contribution is 5.40. The first-order valence-corrected chi connectivity index (χ1v) is 4.25. The second-order valence-electron chi connectivity index (χ2n) is 3.56. The van der Waals surface area contributed by atoms with Gasteiger partial charge in [0.25, 0.3) is 0 Å². The van der Waals surface area contributed by atoms with Crippen LogP contribution < -0.4 is 0 Å². The van der Waals surface area contributed by atoms with Gasteiger partial charge in [-0.1, -0.05) is 18.2 Å². The molecule has 0 amide bonds. The van der Waals surface area contributed by atoms with E-state index in [-0.39, 0.29) is 11.1 Å². The van der Waals surface area contributed by atoms with Crippen LogP contribution in [0.15, 0.2) is 34.9 Å². The van der Waals surface area contributed by atoms with E-state index in [0.29, 0.717) is 0 Å². The summed E-state index contributed by atoms with van der Waals surface area (Å²) in [4.78, 5) is 0. The number of hydrogen-bond donors (Lipinski definition) is 0. The van der Waals surface area contributed by atoms with Gasteiger partial charge >= 0.3 is 6.18 Å². The number of alkyl halides is 3. The first kappa shape index (κ1) is 13.0. The number of rotatable bonds is 2. The number of allylic oxidation sites excluding steroid dienone is 5. The molecule has 0 unspecified atom stereocenters. The third-order valence-electron chi connectivity index (χ3n) is 1.61. The Morgan fingerprint density at radius 1 is 1.07 bits per heavy atom. The molecule has 14 heavy (non-hydrogen) atoms. The highest BCUT2D eigenvalue weighted by Crippen LogP contribution is 2.33. The van der Waals surface area contributed by atoms with Crippen molar-refractivity contribution in [3.63, 3.8) is 0 Å². The fraction of sp³-hybridized carbons (Fsp3) is 0.455. The fourth-order valence-electron chi connectivity index (χ4n) is 1.31. The third kappa shape index (κ3) is 3.81. The van der Waals surface area contributed by atoms with Gasteiger partial charge in [-0.3, -0.25) is 0 Å². The molecule has 0 radical (unpaired) electrons. The zero-order valence-corrected chi connectivity index (χ0v) is 8.92. The predicted molar refractivity (Wildman–Crippen MR) is 53.0 cm³/mol. The molecule has 0 fully saturated rings. The van der Waals surface area contributed by atoms with Crippen molar-refractivity contribution in [2.75, 3.05) is 0 Å². The normalized spacial score (nSPS) is 13.4. The molecule has 0 aliphatic heterocycles. The molecule has 0 atom stereocenters. The van der Waals surface area contributed by atoms with Crippen LogP contribution in [-0.2, 0) is 0 Å². The Bertz CT molecular complexity index is 286. The van der Waals surface area contributed by atoms with Crippen LogP contribution in [0.4, 0.5) is 13.2 Å². The van der Waals surface area contributed by atoms with Gasteiger partial charge in [-0.15, -0.1) is 0 Å². The molecule has 0 aliphatic carbocycles. The van der Waals surface area contributed by atoms with Gasteiger partial charge in [-0.05, 0) is 38.8 Å². The van der Waals surface area contributed by atoms with E-state index in [0.717, 1.165) is 5.57 Å². The molecule has 0 aliphatic rings. The largest absolute Gasteiger partial charge is 0.416 e. The summed E-state index contributed by atoms with van der Waals surface area (Å²) in [6, 6.07) is 0. The van der Waals surface area contributed by atoms with Gasteiger partial charge in [0, 0.05) is 0 Å². The van der Waals surface area contributed by atoms with Gasteiger partial charge in [0.15, 0.2) is 0 Å². The second kappa shape index (κ2) is 4.49. The van der Waals surface area contributed by atoms with Crippen molar-refractivity contribution in [3.05, 3.63) is 34.9 Å². The van der Waals surface area contributed by atoms with E-state index in [9.17, 15) is 13.2 Å². The molecule has 0 aromatic rings. The summed E-state index contributed by atoms with van der Waals surface area (Å²) in [5, 5.41) is 0. The Kier molecular flexibility index (Phi) is 4.17. The van der Waals surface area contributed by atoms with E-state index in [1.165, 1.54) is 19.9 Å². The van der Waals surface area contributed by atoms with E-state index >= 15 is 0 Å². The molecule has 0 spiro atoms. The van der Waals surface area contributed by atoms with Crippen LogP contribution in [0.25, 0.3) is 0 Å². The minimum atomic E-state index is -4.32. The molecule has 80 valence electrons. The van der Waals surface area contributed by atoms with Crippen LogP contribution >= 0.6 is 0 Å². The Morgan fingerprint density at radius 3 is 1.71 bits per heavy atom. The predicted octanol–water partition coefficient (Wildman–Crippen LogP) is 4.41. The maximum Gasteiger partial charge on any atom is 0.416 e. The molecular formula is C11H15F3. The van der Waals surface area contributed by atoms with Crippen LogP contribution in [0.2, 0.25) is 0 Å². The van der Waals surface area contributed by atoms with Crippen molar-refractivity contribution in [1.29, 1.82) is 0 Å². The van der Waals surface area contributed by atoms with Crippen molar-refractivity contribution >= 4 is 0 Å². The lowest BCUT2D eigenvalue weighted by atomic mass is 10.0. The van der Waals surface area contributed by atoms with Gasteiger partial charge in [-0.2, -0.15) is 13.2 Å². The molecule has 0 nitrogen and oxygen atoms in total. The molecule has 0 aromatic carbocycles. The van der Waals surface area contributed by atoms with Crippen LogP contribution in [0.5, 0.6) is 0 Å². The maximum absolute atomic E-state index is 12.5. The average molecular weight is 204 g/mol. The molecular weight excluding hydrogens is 189 g/mol. The van der Waals surface area contributed by atoms with Crippen molar-refractivity contribution in [1.82, 2.24) is 0 Å². The quantitative estimate of drug-likeness (QED) is 0.584. The smallest absolute Gasteiger partial charge is 0.166 e. The zero-order chi connectivity index (χ0) is 11.5. The molecule has 0 bridgehead atoms. The van der Waals surface area contributed by atoms with Gasteiger partial charge < -0.3 is 0 Å². The molecule has 0 heterocycles. The molecule has 0 saturated carbocycles. The summed E-state index contributed by atoms with van der Waals surface area (Å²) in [5.74, 6) is 0. The van der Waals surface area contributed by atoms with Crippen LogP contribution in [-0.4, -0.2) is 6.18 Å². The summed E-state index contributed by atoms with van der Waals surface area (Å²) in [5.41, 5.74) is 0.474. The molecule has 0 saturated heterocycles. The molecule has 0 aromatic heterocycles. The lowest BCUT2D eigenvalue weighted by Gasteiger charge is -2.14. The van der Waals surface area contributed by atoms with Crippen LogP contribution in [0, 0.1) is 0 Å². The van der Waals surface area contributed by atoms with Crippen LogP contribution in [0.1, 0.15) is 27.7 Å². The molecule has 0 rings (SSSR count). The molecule has 3 heteroatoms. The highest BCUT2D eigenvalue weighted by atomic mass is 19.4. The van der Waals surface area contributed by atoms with E-state index < -0.39 is 11.7 Å². The standard InChI is InChI=1S/C11H15F3/c1-7(2)6-9(5)10(8(3)4)11(12,13)14/h6H,3H2,1-2,4-5H3/b10-9+. The monoisotopic (exact) mass is 204 g/mol. The highest BCUT2D eigenvalue weighted by Gasteiger charge is 2.35. The minimum Gasteiger partial charge on any atom is -0.166 e. The Morgan fingerprint density at radius 2 is 1.50 bits per heavy atom. The SMILES string of the molecule is C=C(C)/C(=C(/C)C=C(C)C)C(F)(F)F. The van der Waals surface area contributed by atoms with Crippen molar-refractivity contribution in [2.24, 2.45) is 0 Å². The Labute approximate surface area is 82.8 Å². The van der Waals surface area contributed by atoms with Gasteiger partial charge in [0.2, 0.25) is 0 Å². The van der Waals surface area contributed by atoms with Crippen molar-refractivity contribution < 1.29 is 13.2 Å². The van der Waals surface area contributed by atoms with Crippen molar-refractivity contribution in [2.45, 2.75) is 33.9 Å². The van der Waals surface area contributed by atoms with Gasteiger partial charge in [-0.25, -0.2) is 0 Å². The fourth-order valence-corrected chi connectivity index (χ4v) is 1.31. The van der Waals surface area contributed by atoms with Gasteiger partial charge in [0.05, 0.1) is 5.57 Å². The lowest BCUT2D eigenvalue weighted by Crippen LogP contribution is -2.14. The minimum absolute atomic E-state index is 0.0486. The number of hydrogen-bond acceptors (Lipinski definition) is 0. The van der Waals surface area contributed by atoms with E-state index in [1.807, 2.05) is 0 Å². The van der Waals surface area contributed by atoms with Crippen LogP contribution in [0.3, 0.4) is 0 Å². The summed E-state index contributed by atoms with van der Waals surface area (Å²) < 4.78 is 37.6. The topological polar surface area (TPSA) is 0 Å².